The van der Waals surface area contributed by atoms with Crippen molar-refractivity contribution in [2.45, 2.75) is 13.3 Å². The summed E-state index contributed by atoms with van der Waals surface area (Å²) in [6.07, 6.45) is 0.386. The molecule has 3 N–H and O–H groups in total. The standard InChI is InChI=1S/C13H17BrN2O2S/c1-8(7-18-2)5-12(17)16-11-6-9(14)3-4-10(11)13(15)19/h3-4,6,8H,5,7H2,1-2H3,(H2,15,19)(H,16,17). The Morgan fingerprint density at radius 3 is 2.84 bits per heavy atom. The minimum atomic E-state index is -0.0832. The van der Waals surface area contributed by atoms with Crippen LogP contribution in [-0.4, -0.2) is 24.6 Å². The fourth-order valence-electron chi connectivity index (χ4n) is 1.70. The number of methoxy groups -OCH3 is 1. The van der Waals surface area contributed by atoms with Crippen molar-refractivity contribution >= 4 is 44.7 Å². The summed E-state index contributed by atoms with van der Waals surface area (Å²) in [5.74, 6) is 0.0746. The van der Waals surface area contributed by atoms with Crippen molar-refractivity contribution in [3.8, 4) is 0 Å². The quantitative estimate of drug-likeness (QED) is 0.778. The van der Waals surface area contributed by atoms with Crippen molar-refractivity contribution in [1.82, 2.24) is 0 Å². The van der Waals surface area contributed by atoms with E-state index >= 15 is 0 Å². The van der Waals surface area contributed by atoms with Gasteiger partial charge in [0.1, 0.15) is 4.99 Å². The van der Waals surface area contributed by atoms with Crippen LogP contribution in [0.15, 0.2) is 22.7 Å². The van der Waals surface area contributed by atoms with Crippen LogP contribution >= 0.6 is 28.1 Å². The van der Waals surface area contributed by atoms with Gasteiger partial charge in [-0.3, -0.25) is 4.79 Å². The first-order chi connectivity index (χ1) is 8.93. The minimum absolute atomic E-state index is 0.0832. The predicted molar refractivity (Wildman–Crippen MR) is 84.3 cm³/mol. The van der Waals surface area contributed by atoms with Gasteiger partial charge in [-0.05, 0) is 24.1 Å². The fourth-order valence-corrected chi connectivity index (χ4v) is 2.24. The maximum atomic E-state index is 11.9. The second-order valence-corrected chi connectivity index (χ2v) is 5.72. The topological polar surface area (TPSA) is 64.3 Å². The molecule has 0 aromatic heterocycles. The number of hydrogen-bond donors (Lipinski definition) is 2. The molecule has 1 amide bonds. The summed E-state index contributed by atoms with van der Waals surface area (Å²) < 4.78 is 5.86. The predicted octanol–water partition coefficient (Wildman–Crippen LogP) is 2.69. The molecule has 1 aromatic rings. The third-order valence-electron chi connectivity index (χ3n) is 2.51. The summed E-state index contributed by atoms with van der Waals surface area (Å²) in [6, 6.07) is 5.39. The summed E-state index contributed by atoms with van der Waals surface area (Å²) in [7, 11) is 1.62. The normalized spacial score (nSPS) is 11.9. The van der Waals surface area contributed by atoms with Gasteiger partial charge in [0.2, 0.25) is 5.91 Å². The zero-order valence-corrected chi connectivity index (χ0v) is 13.3. The molecule has 4 nitrogen and oxygen atoms in total. The van der Waals surface area contributed by atoms with E-state index in [1.165, 1.54) is 0 Å². The van der Waals surface area contributed by atoms with Gasteiger partial charge < -0.3 is 15.8 Å². The lowest BCUT2D eigenvalue weighted by Gasteiger charge is -2.13. The summed E-state index contributed by atoms with van der Waals surface area (Å²) in [5.41, 5.74) is 6.91. The number of carbonyl (C=O) groups is 1. The van der Waals surface area contributed by atoms with Crippen molar-refractivity contribution in [1.29, 1.82) is 0 Å². The van der Waals surface area contributed by atoms with Gasteiger partial charge in [-0.25, -0.2) is 0 Å². The number of nitrogens with one attached hydrogen (secondary N) is 1. The molecule has 1 unspecified atom stereocenters. The van der Waals surface area contributed by atoms with Gasteiger partial charge in [0.15, 0.2) is 0 Å². The molecule has 0 radical (unpaired) electrons. The molecule has 1 rings (SSSR count). The molecular weight excluding hydrogens is 328 g/mol. The van der Waals surface area contributed by atoms with Gasteiger partial charge in [-0.2, -0.15) is 0 Å². The second-order valence-electron chi connectivity index (χ2n) is 4.37. The van der Waals surface area contributed by atoms with Crippen molar-refractivity contribution in [2.24, 2.45) is 11.7 Å². The fraction of sp³-hybridized carbons (Fsp3) is 0.385. The molecule has 19 heavy (non-hydrogen) atoms. The van der Waals surface area contributed by atoms with E-state index in [4.69, 9.17) is 22.7 Å². The number of ether oxygens (including phenoxy) is 1. The van der Waals surface area contributed by atoms with E-state index in [-0.39, 0.29) is 16.8 Å². The van der Waals surface area contributed by atoms with Crippen LogP contribution in [-0.2, 0) is 9.53 Å². The molecule has 0 saturated carbocycles. The number of benzene rings is 1. The highest BCUT2D eigenvalue weighted by molar-refractivity contribution is 9.10. The van der Waals surface area contributed by atoms with Gasteiger partial charge in [-0.15, -0.1) is 0 Å². The molecule has 0 aliphatic rings. The molecular formula is C13H17BrN2O2S. The average molecular weight is 345 g/mol. The van der Waals surface area contributed by atoms with Crippen LogP contribution in [0.1, 0.15) is 18.9 Å². The number of hydrogen-bond acceptors (Lipinski definition) is 3. The van der Waals surface area contributed by atoms with Crippen LogP contribution in [0, 0.1) is 5.92 Å². The Bertz CT molecular complexity index is 480. The Morgan fingerprint density at radius 2 is 2.26 bits per heavy atom. The maximum absolute atomic E-state index is 11.9. The number of amides is 1. The molecule has 0 bridgehead atoms. The number of nitrogens with two attached hydrogens (primary N) is 1. The lowest BCUT2D eigenvalue weighted by molar-refractivity contribution is -0.117. The first-order valence-corrected chi connectivity index (χ1v) is 7.02. The smallest absolute Gasteiger partial charge is 0.224 e. The molecule has 0 fully saturated rings. The van der Waals surface area contributed by atoms with Crippen LogP contribution in [0.5, 0.6) is 0 Å². The molecule has 6 heteroatoms. The Labute approximate surface area is 126 Å². The van der Waals surface area contributed by atoms with Crippen molar-refractivity contribution in [3.05, 3.63) is 28.2 Å². The van der Waals surface area contributed by atoms with Crippen LogP contribution in [0.2, 0.25) is 0 Å². The monoisotopic (exact) mass is 344 g/mol. The SMILES string of the molecule is COCC(C)CC(=O)Nc1cc(Br)ccc1C(N)=S. The first kappa shape index (κ1) is 16.1. The Kier molecular flexibility index (Phi) is 6.41. The molecule has 1 atom stereocenters. The first-order valence-electron chi connectivity index (χ1n) is 5.82. The van der Waals surface area contributed by atoms with E-state index in [0.717, 1.165) is 4.47 Å². The molecule has 1 aromatic carbocycles. The summed E-state index contributed by atoms with van der Waals surface area (Å²) in [6.45, 7) is 2.51. The van der Waals surface area contributed by atoms with Gasteiger partial charge >= 0.3 is 0 Å². The Balaban J connectivity index is 2.78. The molecule has 0 aliphatic heterocycles. The molecule has 0 spiro atoms. The van der Waals surface area contributed by atoms with Crippen LogP contribution in [0.4, 0.5) is 5.69 Å². The van der Waals surface area contributed by atoms with Crippen LogP contribution in [0.3, 0.4) is 0 Å². The van der Waals surface area contributed by atoms with E-state index in [9.17, 15) is 4.79 Å². The van der Waals surface area contributed by atoms with E-state index in [0.29, 0.717) is 24.3 Å². The average Bonchev–Trinajstić information content (AvgIpc) is 2.28. The second kappa shape index (κ2) is 7.57. The van der Waals surface area contributed by atoms with Gasteiger partial charge in [-0.1, -0.05) is 35.1 Å². The number of carbonyl (C=O) groups excluding carboxylic acids is 1. The van der Waals surface area contributed by atoms with Crippen molar-refractivity contribution in [3.63, 3.8) is 0 Å². The minimum Gasteiger partial charge on any atom is -0.389 e. The highest BCUT2D eigenvalue weighted by atomic mass is 79.9. The third kappa shape index (κ3) is 5.26. The molecule has 104 valence electrons. The molecule has 0 aliphatic carbocycles. The van der Waals surface area contributed by atoms with Gasteiger partial charge in [0, 0.05) is 30.2 Å². The van der Waals surface area contributed by atoms with Gasteiger partial charge in [0.05, 0.1) is 5.69 Å². The van der Waals surface area contributed by atoms with Crippen LogP contribution in [0.25, 0.3) is 0 Å². The third-order valence-corrected chi connectivity index (χ3v) is 3.22. The van der Waals surface area contributed by atoms with E-state index < -0.39 is 0 Å². The molecule has 0 saturated heterocycles. The van der Waals surface area contributed by atoms with E-state index in [1.807, 2.05) is 13.0 Å². The summed E-state index contributed by atoms with van der Waals surface area (Å²) in [4.78, 5) is 12.2. The number of thiocarbonyl (C=S) groups is 1. The van der Waals surface area contributed by atoms with E-state index in [2.05, 4.69) is 21.2 Å². The highest BCUT2D eigenvalue weighted by Crippen LogP contribution is 2.22. The summed E-state index contributed by atoms with van der Waals surface area (Å²) >= 11 is 8.32. The van der Waals surface area contributed by atoms with E-state index in [1.54, 1.807) is 19.2 Å². The summed E-state index contributed by atoms with van der Waals surface area (Å²) in [5, 5.41) is 2.83. The zero-order valence-electron chi connectivity index (χ0n) is 10.9. The lowest BCUT2D eigenvalue weighted by Crippen LogP contribution is -2.20. The largest absolute Gasteiger partial charge is 0.389 e. The Hall–Kier alpha value is -0.980. The van der Waals surface area contributed by atoms with Crippen LogP contribution < -0.4 is 11.1 Å². The highest BCUT2D eigenvalue weighted by Gasteiger charge is 2.12. The number of halogens is 1. The van der Waals surface area contributed by atoms with Crippen molar-refractivity contribution < 1.29 is 9.53 Å². The zero-order chi connectivity index (χ0) is 14.4. The Morgan fingerprint density at radius 1 is 1.58 bits per heavy atom. The number of rotatable bonds is 6. The molecule has 0 heterocycles. The van der Waals surface area contributed by atoms with Crippen molar-refractivity contribution in [2.75, 3.05) is 19.0 Å². The maximum Gasteiger partial charge on any atom is 0.224 e. The number of anilines is 1. The van der Waals surface area contributed by atoms with Gasteiger partial charge in [0.25, 0.3) is 0 Å². The lowest BCUT2D eigenvalue weighted by atomic mass is 10.1.